The van der Waals surface area contributed by atoms with E-state index >= 15 is 0 Å². The zero-order valence-electron chi connectivity index (χ0n) is 10.3. The number of pyridine rings is 1. The van der Waals surface area contributed by atoms with Crippen LogP contribution in [-0.4, -0.2) is 11.5 Å². The second-order valence-electron chi connectivity index (χ2n) is 4.46. The van der Waals surface area contributed by atoms with E-state index < -0.39 is 0 Å². The Morgan fingerprint density at radius 3 is 3.22 bits per heavy atom. The zero-order valence-corrected chi connectivity index (χ0v) is 11.1. The van der Waals surface area contributed by atoms with Gasteiger partial charge < -0.3 is 10.3 Å². The summed E-state index contributed by atoms with van der Waals surface area (Å²) in [7, 11) is 0. The number of anilines is 2. The van der Waals surface area contributed by atoms with Crippen LogP contribution in [0.15, 0.2) is 29.8 Å². The van der Waals surface area contributed by atoms with Crippen LogP contribution >= 0.6 is 11.3 Å². The van der Waals surface area contributed by atoms with Crippen molar-refractivity contribution in [1.82, 2.24) is 4.98 Å². The molecule has 1 atom stereocenters. The maximum Gasteiger partial charge on any atom is 0.141 e. The molecule has 0 bridgehead atoms. The first-order valence-corrected chi connectivity index (χ1v) is 6.93. The van der Waals surface area contributed by atoms with Crippen molar-refractivity contribution in [2.75, 3.05) is 16.9 Å². The van der Waals surface area contributed by atoms with Crippen molar-refractivity contribution in [3.05, 3.63) is 40.2 Å². The highest BCUT2D eigenvalue weighted by atomic mass is 32.1. The van der Waals surface area contributed by atoms with Crippen LogP contribution in [0.1, 0.15) is 23.4 Å². The normalized spacial score (nSPS) is 18.6. The van der Waals surface area contributed by atoms with E-state index in [-0.39, 0.29) is 0 Å². The summed E-state index contributed by atoms with van der Waals surface area (Å²) in [6, 6.07) is 6.68. The summed E-state index contributed by atoms with van der Waals surface area (Å²) in [6.07, 6.45) is 2.91. The van der Waals surface area contributed by atoms with Crippen LogP contribution in [0.5, 0.6) is 0 Å². The smallest absolute Gasteiger partial charge is 0.141 e. The summed E-state index contributed by atoms with van der Waals surface area (Å²) in [4.78, 5) is 8.07. The third-order valence-corrected chi connectivity index (χ3v) is 4.50. The van der Waals surface area contributed by atoms with Crippen LogP contribution in [0.25, 0.3) is 0 Å². The van der Waals surface area contributed by atoms with E-state index in [1.807, 2.05) is 23.5 Å². The van der Waals surface area contributed by atoms with Gasteiger partial charge in [-0.2, -0.15) is 0 Å². The van der Waals surface area contributed by atoms with Gasteiger partial charge in [0, 0.05) is 29.4 Å². The van der Waals surface area contributed by atoms with Gasteiger partial charge in [0.1, 0.15) is 5.82 Å². The number of hydrogen-bond donors (Lipinski definition) is 2. The number of fused-ring (bicyclic) bond motifs is 1. The number of nitrogens with one attached hydrogen (secondary N) is 1. The summed E-state index contributed by atoms with van der Waals surface area (Å²) >= 11 is 1.86. The molecule has 3 heterocycles. The average Bonchev–Trinajstić information content (AvgIpc) is 2.88. The van der Waals surface area contributed by atoms with Gasteiger partial charge in [0.05, 0.1) is 6.04 Å². The molecule has 0 spiro atoms. The monoisotopic (exact) mass is 260 g/mol. The van der Waals surface area contributed by atoms with E-state index in [0.717, 1.165) is 13.0 Å². The second-order valence-corrected chi connectivity index (χ2v) is 5.46. The molecule has 0 saturated carbocycles. The maximum absolute atomic E-state index is 5.41. The molecule has 1 aliphatic heterocycles. The molecule has 2 aromatic rings. The number of hydrogen-bond acceptors (Lipinski definition) is 5. The molecule has 1 aliphatic rings. The predicted octanol–water partition coefficient (Wildman–Crippen LogP) is 2.55. The van der Waals surface area contributed by atoms with E-state index in [9.17, 15) is 0 Å². The summed E-state index contributed by atoms with van der Waals surface area (Å²) in [5.74, 6) is 6.12. The molecule has 0 aromatic carbocycles. The minimum absolute atomic E-state index is 0.410. The molecular formula is C13H16N4S. The van der Waals surface area contributed by atoms with Gasteiger partial charge in [-0.3, -0.25) is 0 Å². The lowest BCUT2D eigenvalue weighted by Gasteiger charge is -2.35. The third-order valence-electron chi connectivity index (χ3n) is 3.50. The highest BCUT2D eigenvalue weighted by Gasteiger charge is 2.24. The summed E-state index contributed by atoms with van der Waals surface area (Å²) in [6.45, 7) is 3.30. The quantitative estimate of drug-likeness (QED) is 0.643. The Labute approximate surface area is 110 Å². The van der Waals surface area contributed by atoms with Crippen LogP contribution in [0.3, 0.4) is 0 Å². The molecule has 2 aromatic heterocycles. The van der Waals surface area contributed by atoms with Crippen LogP contribution in [-0.2, 0) is 6.42 Å². The number of thiophene rings is 1. The van der Waals surface area contributed by atoms with Gasteiger partial charge in [-0.05, 0) is 36.4 Å². The number of rotatable bonds is 2. The maximum atomic E-state index is 5.41. The molecule has 3 rings (SSSR count). The standard InChI is InChI=1S/C13H16N4S/c1-9-11-4-7-18-12(11)3-6-17(9)10-2-5-15-13(8-10)16-14/h2,4-5,7-9H,3,6,14H2,1H3,(H,15,16). The van der Waals surface area contributed by atoms with Gasteiger partial charge in [0.25, 0.3) is 0 Å². The van der Waals surface area contributed by atoms with Crippen molar-refractivity contribution in [2.45, 2.75) is 19.4 Å². The number of nitrogens with zero attached hydrogens (tertiary/aromatic N) is 2. The SMILES string of the molecule is CC1c2ccsc2CCN1c1ccnc(NN)c1. The number of nitrogen functional groups attached to an aromatic ring is 1. The number of hydrazine groups is 1. The van der Waals surface area contributed by atoms with Gasteiger partial charge in [-0.15, -0.1) is 11.3 Å². The van der Waals surface area contributed by atoms with Gasteiger partial charge in [0.15, 0.2) is 0 Å². The fraction of sp³-hybridized carbons (Fsp3) is 0.308. The Kier molecular flexibility index (Phi) is 2.93. The fourth-order valence-corrected chi connectivity index (χ4v) is 3.50. The lowest BCUT2D eigenvalue weighted by Crippen LogP contribution is -2.33. The van der Waals surface area contributed by atoms with Crippen LogP contribution < -0.4 is 16.2 Å². The molecule has 1 unspecified atom stereocenters. The van der Waals surface area contributed by atoms with Crippen molar-refractivity contribution in [2.24, 2.45) is 5.84 Å². The molecule has 18 heavy (non-hydrogen) atoms. The van der Waals surface area contributed by atoms with Crippen molar-refractivity contribution >= 4 is 22.8 Å². The first-order chi connectivity index (χ1) is 8.79. The minimum atomic E-state index is 0.410. The van der Waals surface area contributed by atoms with E-state index in [0.29, 0.717) is 11.9 Å². The first kappa shape index (κ1) is 11.5. The van der Waals surface area contributed by atoms with E-state index in [2.05, 4.69) is 33.7 Å². The Balaban J connectivity index is 1.94. The van der Waals surface area contributed by atoms with Crippen molar-refractivity contribution in [3.63, 3.8) is 0 Å². The van der Waals surface area contributed by atoms with E-state index in [4.69, 9.17) is 5.84 Å². The minimum Gasteiger partial charge on any atom is -0.364 e. The molecule has 0 aliphatic carbocycles. The Morgan fingerprint density at radius 1 is 1.50 bits per heavy atom. The van der Waals surface area contributed by atoms with Gasteiger partial charge in [0.2, 0.25) is 0 Å². The third kappa shape index (κ3) is 1.85. The summed E-state index contributed by atoms with van der Waals surface area (Å²) in [5, 5.41) is 2.18. The molecule has 0 amide bonds. The first-order valence-electron chi connectivity index (χ1n) is 6.05. The molecular weight excluding hydrogens is 244 g/mol. The van der Waals surface area contributed by atoms with Crippen LogP contribution in [0.2, 0.25) is 0 Å². The lowest BCUT2D eigenvalue weighted by atomic mass is 10.0. The van der Waals surface area contributed by atoms with Crippen molar-refractivity contribution < 1.29 is 0 Å². The van der Waals surface area contributed by atoms with Gasteiger partial charge in [-0.1, -0.05) is 0 Å². The molecule has 5 heteroatoms. The Bertz CT molecular complexity index is 551. The molecule has 0 radical (unpaired) electrons. The number of nitrogens with two attached hydrogens (primary N) is 1. The molecule has 0 saturated heterocycles. The molecule has 0 fully saturated rings. The second kappa shape index (κ2) is 4.59. The van der Waals surface area contributed by atoms with E-state index in [1.165, 1.54) is 16.1 Å². The van der Waals surface area contributed by atoms with E-state index in [1.54, 1.807) is 6.20 Å². The highest BCUT2D eigenvalue weighted by Crippen LogP contribution is 2.36. The highest BCUT2D eigenvalue weighted by molar-refractivity contribution is 7.10. The Hall–Kier alpha value is -1.59. The predicted molar refractivity (Wildman–Crippen MR) is 75.8 cm³/mol. The topological polar surface area (TPSA) is 54.2 Å². The zero-order chi connectivity index (χ0) is 12.5. The number of aromatic nitrogens is 1. The largest absolute Gasteiger partial charge is 0.364 e. The van der Waals surface area contributed by atoms with Crippen molar-refractivity contribution in [3.8, 4) is 0 Å². The van der Waals surface area contributed by atoms with Crippen LogP contribution in [0, 0.1) is 0 Å². The van der Waals surface area contributed by atoms with Gasteiger partial charge >= 0.3 is 0 Å². The summed E-state index contributed by atoms with van der Waals surface area (Å²) in [5.41, 5.74) is 5.22. The lowest BCUT2D eigenvalue weighted by molar-refractivity contribution is 0.632. The average molecular weight is 260 g/mol. The molecule has 94 valence electrons. The Morgan fingerprint density at radius 2 is 2.39 bits per heavy atom. The van der Waals surface area contributed by atoms with Crippen molar-refractivity contribution in [1.29, 1.82) is 0 Å². The van der Waals surface area contributed by atoms with Gasteiger partial charge in [-0.25, -0.2) is 10.8 Å². The van der Waals surface area contributed by atoms with Crippen LogP contribution in [0.4, 0.5) is 11.5 Å². The molecule has 4 nitrogen and oxygen atoms in total. The molecule has 3 N–H and O–H groups in total. The fourth-order valence-electron chi connectivity index (χ4n) is 2.54. The summed E-state index contributed by atoms with van der Waals surface area (Å²) < 4.78 is 0.